The molecule has 1 heterocycles. The Labute approximate surface area is 473 Å². The first-order valence-electron chi connectivity index (χ1n) is 27.3. The number of aliphatic hydroxyl groups is 1. The third kappa shape index (κ3) is 19.7. The van der Waals surface area contributed by atoms with Crippen molar-refractivity contribution in [2.75, 3.05) is 35.2 Å². The highest BCUT2D eigenvalue weighted by atomic mass is 19.4. The molecule has 26 heteroatoms. The van der Waals surface area contributed by atoms with Crippen LogP contribution >= 0.6 is 0 Å². The third-order valence-electron chi connectivity index (χ3n) is 14.3. The molecule has 0 aliphatic carbocycles. The molecule has 1 aromatic carbocycles. The van der Waals surface area contributed by atoms with Gasteiger partial charge in [0.2, 0.25) is 53.2 Å². The van der Waals surface area contributed by atoms with Gasteiger partial charge in [-0.1, -0.05) is 67.5 Å². The van der Waals surface area contributed by atoms with Crippen LogP contribution in [-0.4, -0.2) is 196 Å². The van der Waals surface area contributed by atoms with E-state index in [-0.39, 0.29) is 42.6 Å². The topological polar surface area (TPSA) is 296 Å². The van der Waals surface area contributed by atoms with Gasteiger partial charge in [-0.05, 0) is 95.2 Å². The molecule has 0 saturated carbocycles. The van der Waals surface area contributed by atoms with Crippen LogP contribution < -0.4 is 31.9 Å². The molecule has 2 rings (SSSR count). The van der Waals surface area contributed by atoms with Gasteiger partial charge in [0.15, 0.2) is 0 Å². The number of likely N-dealkylation sites (N-methyl/N-ethyl adjacent to an activating group) is 5. The minimum Gasteiger partial charge on any atom is -0.391 e. The van der Waals surface area contributed by atoms with Crippen LogP contribution in [0.3, 0.4) is 0 Å². The Kier molecular flexibility index (Phi) is 26.2. The minimum absolute atomic E-state index is 0.000408. The number of hydrogen-bond donors (Lipinski definition) is 7. The number of nitrogens with zero attached hydrogens (tertiary/aromatic N) is 5. The molecule has 1 aliphatic rings. The van der Waals surface area contributed by atoms with E-state index in [1.807, 2.05) is 0 Å². The number of nitrogens with one attached hydrogen (secondary N) is 6. The van der Waals surface area contributed by atoms with Gasteiger partial charge >= 0.3 is 12.2 Å². The number of aliphatic hydroxyl groups excluding tert-OH is 1. The Morgan fingerprint density at radius 1 is 0.481 bits per heavy atom. The number of carbonyl (C=O) groups excluding carboxylic acids is 11. The molecular weight excluding hydrogens is 1060 g/mol. The fraction of sp³-hybridized carbons (Fsp3) is 0.691. The lowest BCUT2D eigenvalue weighted by Crippen LogP contribution is -2.63. The number of carbonyl (C=O) groups is 11. The molecule has 1 aliphatic heterocycles. The molecule has 0 bridgehead atoms. The van der Waals surface area contributed by atoms with Crippen molar-refractivity contribution in [2.45, 2.75) is 188 Å². The Balaban J connectivity index is 2.85. The average molecular weight is 1150 g/mol. The third-order valence-corrected chi connectivity index (χ3v) is 14.3. The van der Waals surface area contributed by atoms with Gasteiger partial charge in [0.1, 0.15) is 60.4 Å². The Morgan fingerprint density at radius 3 is 1.43 bits per heavy atom. The largest absolute Gasteiger partial charge is 0.416 e. The molecule has 7 N–H and O–H groups in total. The fourth-order valence-electron chi connectivity index (χ4n) is 9.08. The summed E-state index contributed by atoms with van der Waals surface area (Å²) in [4.78, 5) is 160. The highest BCUT2D eigenvalue weighted by molar-refractivity contribution is 6.02. The van der Waals surface area contributed by atoms with Gasteiger partial charge in [0, 0.05) is 41.7 Å². The molecular formula is C55H88F3N11O12. The highest BCUT2D eigenvalue weighted by Crippen LogP contribution is 2.29. The summed E-state index contributed by atoms with van der Waals surface area (Å²) in [5.74, 6) is -9.90. The van der Waals surface area contributed by atoms with Crippen LogP contribution in [0.25, 0.3) is 0 Å². The zero-order valence-electron chi connectivity index (χ0n) is 50.1. The molecule has 1 unspecified atom stereocenters. The van der Waals surface area contributed by atoms with E-state index in [0.717, 1.165) is 55.8 Å². The maximum atomic E-state index is 14.6. The van der Waals surface area contributed by atoms with Crippen LogP contribution in [0.4, 0.5) is 18.0 Å². The quantitative estimate of drug-likeness (QED) is 0.177. The number of imide groups is 1. The van der Waals surface area contributed by atoms with Crippen molar-refractivity contribution in [2.24, 2.45) is 23.7 Å². The van der Waals surface area contributed by atoms with E-state index in [1.54, 1.807) is 55.4 Å². The van der Waals surface area contributed by atoms with Crippen LogP contribution in [0, 0.1) is 23.7 Å². The Morgan fingerprint density at radius 2 is 0.951 bits per heavy atom. The molecule has 1 saturated heterocycles. The summed E-state index contributed by atoms with van der Waals surface area (Å²) in [5, 5.41) is 26.0. The molecule has 456 valence electrons. The van der Waals surface area contributed by atoms with Gasteiger partial charge in [-0.3, -0.25) is 53.3 Å². The van der Waals surface area contributed by atoms with Crippen LogP contribution in [-0.2, 0) is 60.5 Å². The van der Waals surface area contributed by atoms with Gasteiger partial charge in [-0.15, -0.1) is 0 Å². The number of benzene rings is 1. The summed E-state index contributed by atoms with van der Waals surface area (Å²) in [6, 6.07) is -11.4. The average Bonchev–Trinajstić information content (AvgIpc) is 3.38. The van der Waals surface area contributed by atoms with Crippen molar-refractivity contribution in [1.29, 1.82) is 0 Å². The van der Waals surface area contributed by atoms with Gasteiger partial charge in [-0.25, -0.2) is 4.79 Å². The Bertz CT molecular complexity index is 2420. The van der Waals surface area contributed by atoms with Crippen molar-refractivity contribution < 1.29 is 71.0 Å². The number of alkyl halides is 3. The predicted molar refractivity (Wildman–Crippen MR) is 294 cm³/mol. The van der Waals surface area contributed by atoms with Crippen molar-refractivity contribution in [1.82, 2.24) is 56.4 Å². The van der Waals surface area contributed by atoms with Crippen LogP contribution in [0.1, 0.15) is 120 Å². The highest BCUT2D eigenvalue weighted by Gasteiger charge is 2.42. The van der Waals surface area contributed by atoms with Crippen molar-refractivity contribution in [3.63, 3.8) is 0 Å². The first-order valence-corrected chi connectivity index (χ1v) is 27.3. The van der Waals surface area contributed by atoms with E-state index in [0.29, 0.717) is 0 Å². The summed E-state index contributed by atoms with van der Waals surface area (Å²) in [7, 11) is 6.37. The van der Waals surface area contributed by atoms with Crippen LogP contribution in [0.2, 0.25) is 0 Å². The molecule has 81 heavy (non-hydrogen) atoms. The van der Waals surface area contributed by atoms with Gasteiger partial charge in [-0.2, -0.15) is 13.2 Å². The molecule has 1 aromatic rings. The standard InChI is InChI=1S/C55H88F3N11O12/c1-27(2)23-39-51(78)65(14)34(12)50(77)67(16)40(24-28(3)4)48(75)64-54(81)66(15)33(11)46(73)61-38(26-36-19-21-37(22-20-36)55(56,57)58)47(74)63-42(35(13)70)53(80)68(17)41(25-29(5)6)52(79)69(18)43(30(7)8)49(76)60-31(9)44(71)59-32(10)45(72)62-39/h19-22,27-35,38-43,70H,23-26H2,1-18H3,(H,59,71)(H,60,76)(H,61,73)(H,62,72)(H,63,74)(H,64,75,81)/t31?,32-,33-,34-,35+,38-,39-,40-,41-,42-,43-/m0/s1. The van der Waals surface area contributed by atoms with Crippen LogP contribution in [0.5, 0.6) is 0 Å². The summed E-state index contributed by atoms with van der Waals surface area (Å²) in [6.07, 6.45) is -6.77. The van der Waals surface area contributed by atoms with Crippen molar-refractivity contribution >= 4 is 65.1 Å². The summed E-state index contributed by atoms with van der Waals surface area (Å²) < 4.78 is 40.7. The van der Waals surface area contributed by atoms with Crippen molar-refractivity contribution in [3.05, 3.63) is 35.4 Å². The Hall–Kier alpha value is -6.86. The maximum absolute atomic E-state index is 14.6. The zero-order chi connectivity index (χ0) is 62.5. The number of halogens is 3. The molecule has 0 radical (unpaired) electrons. The predicted octanol–water partition coefficient (Wildman–Crippen LogP) is 1.78. The van der Waals surface area contributed by atoms with Crippen LogP contribution in [0.15, 0.2) is 24.3 Å². The molecule has 1 fully saturated rings. The lowest BCUT2D eigenvalue weighted by atomic mass is 9.96. The van der Waals surface area contributed by atoms with E-state index >= 15 is 0 Å². The summed E-state index contributed by atoms with van der Waals surface area (Å²) >= 11 is 0. The summed E-state index contributed by atoms with van der Waals surface area (Å²) in [6.45, 7) is 20.5. The number of rotatable bonds is 10. The minimum atomic E-state index is -4.72. The number of hydrogen-bond acceptors (Lipinski definition) is 12. The fourth-order valence-corrected chi connectivity index (χ4v) is 9.08. The maximum Gasteiger partial charge on any atom is 0.416 e. The van der Waals surface area contributed by atoms with Crippen molar-refractivity contribution in [3.8, 4) is 0 Å². The molecule has 0 spiro atoms. The normalized spacial score (nSPS) is 26.7. The monoisotopic (exact) mass is 1150 g/mol. The number of urea groups is 1. The van der Waals surface area contributed by atoms with E-state index in [2.05, 4.69) is 31.9 Å². The van der Waals surface area contributed by atoms with Gasteiger partial charge in [0.25, 0.3) is 5.91 Å². The molecule has 11 atom stereocenters. The lowest BCUT2D eigenvalue weighted by Gasteiger charge is -2.38. The molecule has 23 nitrogen and oxygen atoms in total. The van der Waals surface area contributed by atoms with E-state index in [4.69, 9.17) is 0 Å². The smallest absolute Gasteiger partial charge is 0.391 e. The number of amides is 12. The second-order valence-electron chi connectivity index (χ2n) is 22.9. The van der Waals surface area contributed by atoms with E-state index in [1.165, 1.54) is 62.8 Å². The first kappa shape index (κ1) is 70.2. The molecule has 0 aromatic heterocycles. The second kappa shape index (κ2) is 30.3. The van der Waals surface area contributed by atoms with Gasteiger partial charge in [0.05, 0.1) is 11.7 Å². The zero-order valence-corrected chi connectivity index (χ0v) is 50.1. The lowest BCUT2D eigenvalue weighted by molar-refractivity contribution is -0.151. The van der Waals surface area contributed by atoms with E-state index < -0.39 is 156 Å². The van der Waals surface area contributed by atoms with E-state index in [9.17, 15) is 71.0 Å². The van der Waals surface area contributed by atoms with Gasteiger partial charge < -0.3 is 56.2 Å². The molecule has 12 amide bonds. The SMILES string of the molecule is CC(C)C[C@@H]1NC(=O)[C@H](C)NC(=O)C(C)NC(=O)[C@H](C(C)C)N(C)C(=O)[C@H](CC(C)C)N(C)C(=O)[C@H]([C@@H](C)O)NC(=O)[C@H](Cc2ccc(C(F)(F)F)cc2)NC(=O)[C@H](C)N(C)C(=O)NC(=O)[C@H](CC(C)C)N(C)C(=O)[C@H](C)N(C)C1=O. The first-order chi connectivity index (χ1) is 37.2. The summed E-state index contributed by atoms with van der Waals surface area (Å²) in [5.41, 5.74) is -0.905. The second-order valence-corrected chi connectivity index (χ2v) is 22.9.